The number of carbonyl (C=O) groups is 1. The van der Waals surface area contributed by atoms with Crippen LogP contribution in [0.3, 0.4) is 0 Å². The molecule has 176 valence electrons. The smallest absolute Gasteiger partial charge is 0.230 e. The molecule has 3 fully saturated rings. The van der Waals surface area contributed by atoms with Crippen LogP contribution >= 0.6 is 0 Å². The fourth-order valence-electron chi connectivity index (χ4n) is 5.06. The Balaban J connectivity index is 1.22. The van der Waals surface area contributed by atoms with Crippen LogP contribution in [0.4, 0.5) is 11.4 Å². The van der Waals surface area contributed by atoms with E-state index in [4.69, 9.17) is 9.47 Å². The van der Waals surface area contributed by atoms with Gasteiger partial charge in [-0.3, -0.25) is 4.79 Å². The highest BCUT2D eigenvalue weighted by Crippen LogP contribution is 2.31. The minimum atomic E-state index is 0.0109. The van der Waals surface area contributed by atoms with E-state index in [0.717, 1.165) is 77.3 Å². The molecule has 0 radical (unpaired) electrons. The van der Waals surface area contributed by atoms with Crippen LogP contribution in [-0.2, 0) is 16.0 Å². The van der Waals surface area contributed by atoms with Crippen LogP contribution in [0.5, 0.6) is 5.88 Å². The fraction of sp³-hybridized carbons (Fsp3) is 0.538. The first-order valence-electron chi connectivity index (χ1n) is 12.2. The molecule has 3 aliphatic heterocycles. The number of aromatic nitrogens is 1. The fourth-order valence-corrected chi connectivity index (χ4v) is 5.06. The highest BCUT2D eigenvalue weighted by atomic mass is 16.5. The summed E-state index contributed by atoms with van der Waals surface area (Å²) in [5, 5.41) is 0. The van der Waals surface area contributed by atoms with Crippen LogP contribution in [0.1, 0.15) is 24.8 Å². The summed E-state index contributed by atoms with van der Waals surface area (Å²) < 4.78 is 11.4. The standard InChI is InChI=1S/C26H34N4O3/c1-28-12-14-29(15-13-28)24-5-3-2-4-20(24)18-21-8-11-30(26(21)31)22-6-7-25(27-19-22)33-23-9-16-32-17-10-23/h2-7,19,21,23H,8-18H2,1H3/t21-/m0/s1. The second-order valence-electron chi connectivity index (χ2n) is 9.38. The number of pyridine rings is 1. The van der Waals surface area contributed by atoms with Gasteiger partial charge in [0.15, 0.2) is 0 Å². The monoisotopic (exact) mass is 450 g/mol. The zero-order valence-corrected chi connectivity index (χ0v) is 19.5. The van der Waals surface area contributed by atoms with Gasteiger partial charge in [-0.05, 0) is 37.6 Å². The summed E-state index contributed by atoms with van der Waals surface area (Å²) >= 11 is 0. The summed E-state index contributed by atoms with van der Waals surface area (Å²) in [5.74, 6) is 0.829. The Kier molecular flexibility index (Phi) is 6.78. The van der Waals surface area contributed by atoms with Gasteiger partial charge in [-0.2, -0.15) is 0 Å². The van der Waals surface area contributed by atoms with Gasteiger partial charge in [-0.25, -0.2) is 4.98 Å². The van der Waals surface area contributed by atoms with Crippen LogP contribution in [-0.4, -0.2) is 74.9 Å². The molecule has 4 heterocycles. The van der Waals surface area contributed by atoms with E-state index in [1.54, 1.807) is 6.20 Å². The van der Waals surface area contributed by atoms with Crippen molar-refractivity contribution in [3.63, 3.8) is 0 Å². The Morgan fingerprint density at radius 3 is 2.55 bits per heavy atom. The number of likely N-dealkylation sites (N-methyl/N-ethyl adjacent to an activating group) is 1. The molecule has 0 saturated carbocycles. The van der Waals surface area contributed by atoms with Crippen LogP contribution in [0.2, 0.25) is 0 Å². The number of carbonyl (C=O) groups excluding carboxylic acids is 1. The summed E-state index contributed by atoms with van der Waals surface area (Å²) in [6, 6.07) is 12.4. The second kappa shape index (κ2) is 10.1. The number of benzene rings is 1. The molecular weight excluding hydrogens is 416 g/mol. The van der Waals surface area contributed by atoms with Crippen molar-refractivity contribution in [2.24, 2.45) is 5.92 Å². The molecule has 7 nitrogen and oxygen atoms in total. The van der Waals surface area contributed by atoms with Crippen molar-refractivity contribution in [2.45, 2.75) is 31.8 Å². The first kappa shape index (κ1) is 22.2. The quantitative estimate of drug-likeness (QED) is 0.675. The third-order valence-corrected chi connectivity index (χ3v) is 7.11. The van der Waals surface area contributed by atoms with Crippen LogP contribution < -0.4 is 14.5 Å². The molecule has 0 spiro atoms. The van der Waals surface area contributed by atoms with Gasteiger partial charge >= 0.3 is 0 Å². The summed E-state index contributed by atoms with van der Waals surface area (Å²) in [7, 11) is 2.17. The molecule has 0 bridgehead atoms. The average molecular weight is 451 g/mol. The van der Waals surface area contributed by atoms with Crippen LogP contribution in [0.25, 0.3) is 0 Å². The van der Waals surface area contributed by atoms with Gasteiger partial charge in [0, 0.05) is 63.2 Å². The SMILES string of the molecule is CN1CCN(c2ccccc2C[C@@H]2CCN(c3ccc(OC4CCOCC4)nc3)C2=O)CC1. The van der Waals surface area contributed by atoms with E-state index < -0.39 is 0 Å². The van der Waals surface area contributed by atoms with Gasteiger partial charge < -0.3 is 24.2 Å². The lowest BCUT2D eigenvalue weighted by atomic mass is 9.96. The third-order valence-electron chi connectivity index (χ3n) is 7.11. The molecule has 1 atom stereocenters. The predicted octanol–water partition coefficient (Wildman–Crippen LogP) is 2.99. The Hall–Kier alpha value is -2.64. The van der Waals surface area contributed by atoms with E-state index in [1.165, 1.54) is 11.3 Å². The predicted molar refractivity (Wildman–Crippen MR) is 129 cm³/mol. The maximum atomic E-state index is 13.3. The van der Waals surface area contributed by atoms with Crippen LogP contribution in [0, 0.1) is 5.92 Å². The zero-order chi connectivity index (χ0) is 22.6. The molecule has 3 saturated heterocycles. The van der Waals surface area contributed by atoms with Crippen molar-refractivity contribution in [1.82, 2.24) is 9.88 Å². The highest BCUT2D eigenvalue weighted by Gasteiger charge is 2.33. The summed E-state index contributed by atoms with van der Waals surface area (Å²) in [6.45, 7) is 6.44. The van der Waals surface area contributed by atoms with Gasteiger partial charge in [0.1, 0.15) is 6.10 Å². The zero-order valence-electron chi connectivity index (χ0n) is 19.5. The second-order valence-corrected chi connectivity index (χ2v) is 9.38. The molecule has 1 aromatic carbocycles. The van der Waals surface area contributed by atoms with Crippen molar-refractivity contribution in [3.8, 4) is 5.88 Å². The number of hydrogen-bond donors (Lipinski definition) is 0. The summed E-state index contributed by atoms with van der Waals surface area (Å²) in [5.41, 5.74) is 3.42. The van der Waals surface area contributed by atoms with Crippen LogP contribution in [0.15, 0.2) is 42.6 Å². The number of rotatable bonds is 6. The van der Waals surface area contributed by atoms with Crippen molar-refractivity contribution in [1.29, 1.82) is 0 Å². The molecule has 1 amide bonds. The first-order valence-corrected chi connectivity index (χ1v) is 12.2. The number of amides is 1. The topological polar surface area (TPSA) is 58.1 Å². The molecule has 2 aromatic rings. The molecule has 33 heavy (non-hydrogen) atoms. The molecule has 5 rings (SSSR count). The number of piperazine rings is 1. The van der Waals surface area contributed by atoms with Gasteiger partial charge in [0.2, 0.25) is 11.8 Å². The first-order chi connectivity index (χ1) is 16.2. The maximum Gasteiger partial charge on any atom is 0.230 e. The molecule has 7 heteroatoms. The summed E-state index contributed by atoms with van der Waals surface area (Å²) in [4.78, 5) is 24.5. The van der Waals surface area contributed by atoms with Crippen molar-refractivity contribution < 1.29 is 14.3 Å². The Labute approximate surface area is 196 Å². The van der Waals surface area contributed by atoms with E-state index in [2.05, 4.69) is 46.1 Å². The normalized spacial score (nSPS) is 22.7. The van der Waals surface area contributed by atoms with Gasteiger partial charge in [-0.1, -0.05) is 18.2 Å². The van der Waals surface area contributed by atoms with Crippen molar-refractivity contribution in [3.05, 3.63) is 48.2 Å². The van der Waals surface area contributed by atoms with Gasteiger partial charge in [-0.15, -0.1) is 0 Å². The lowest BCUT2D eigenvalue weighted by molar-refractivity contribution is -0.120. The van der Waals surface area contributed by atoms with Crippen molar-refractivity contribution in [2.75, 3.05) is 62.8 Å². The highest BCUT2D eigenvalue weighted by molar-refractivity contribution is 5.97. The van der Waals surface area contributed by atoms with E-state index in [1.807, 2.05) is 17.0 Å². The largest absolute Gasteiger partial charge is 0.474 e. The lowest BCUT2D eigenvalue weighted by Crippen LogP contribution is -2.44. The number of hydrogen-bond acceptors (Lipinski definition) is 6. The summed E-state index contributed by atoms with van der Waals surface area (Å²) in [6.07, 6.45) is 5.38. The number of anilines is 2. The van der Waals surface area contributed by atoms with E-state index >= 15 is 0 Å². The molecule has 0 N–H and O–H groups in total. The number of ether oxygens (including phenoxy) is 2. The van der Waals surface area contributed by atoms with Gasteiger partial charge in [0.25, 0.3) is 0 Å². The maximum absolute atomic E-state index is 13.3. The third kappa shape index (κ3) is 5.14. The Morgan fingerprint density at radius 1 is 1.00 bits per heavy atom. The molecule has 0 aliphatic carbocycles. The Morgan fingerprint density at radius 2 is 1.79 bits per heavy atom. The van der Waals surface area contributed by atoms with E-state index in [-0.39, 0.29) is 17.9 Å². The number of nitrogens with zero attached hydrogens (tertiary/aromatic N) is 4. The van der Waals surface area contributed by atoms with Crippen molar-refractivity contribution >= 4 is 17.3 Å². The van der Waals surface area contributed by atoms with Gasteiger partial charge in [0.05, 0.1) is 25.1 Å². The number of para-hydroxylation sites is 1. The minimum absolute atomic E-state index is 0.0109. The lowest BCUT2D eigenvalue weighted by Gasteiger charge is -2.35. The molecular formula is C26H34N4O3. The molecule has 1 aromatic heterocycles. The molecule has 3 aliphatic rings. The Bertz CT molecular complexity index is 937. The molecule has 0 unspecified atom stereocenters. The van der Waals surface area contributed by atoms with E-state index in [0.29, 0.717) is 5.88 Å². The minimum Gasteiger partial charge on any atom is -0.474 e. The average Bonchev–Trinajstić information content (AvgIpc) is 3.21. The van der Waals surface area contributed by atoms with E-state index in [9.17, 15) is 4.79 Å².